The number of aryl methyl sites for hydroxylation is 1. The van der Waals surface area contributed by atoms with E-state index >= 15 is 0 Å². The third-order valence-electron chi connectivity index (χ3n) is 3.64. The van der Waals surface area contributed by atoms with Crippen LogP contribution in [0.2, 0.25) is 0 Å². The van der Waals surface area contributed by atoms with Crippen LogP contribution in [-0.2, 0) is 6.54 Å². The molecule has 0 saturated carbocycles. The predicted molar refractivity (Wildman–Crippen MR) is 75.8 cm³/mol. The minimum absolute atomic E-state index is 0.196. The summed E-state index contributed by atoms with van der Waals surface area (Å²) in [4.78, 5) is 8.23. The number of hydrogen-bond donors (Lipinski definition) is 1. The van der Waals surface area contributed by atoms with E-state index in [0.29, 0.717) is 6.04 Å². The van der Waals surface area contributed by atoms with Gasteiger partial charge in [0.05, 0.1) is 11.1 Å². The normalized spacial score (nSPS) is 23.8. The molecule has 2 rings (SSSR count). The number of likely N-dealkylation sites (tertiary alicyclic amines) is 1. The average Bonchev–Trinajstić information content (AvgIpc) is 2.58. The molecule has 1 N–H and O–H groups in total. The molecular formula is C14H24N2OS. The van der Waals surface area contributed by atoms with Crippen LogP contribution in [0.1, 0.15) is 48.9 Å². The number of nitrogens with zero attached hydrogens (tertiary/aromatic N) is 2. The monoisotopic (exact) mass is 268 g/mol. The lowest BCUT2D eigenvalue weighted by molar-refractivity contribution is 0.109. The zero-order valence-corrected chi connectivity index (χ0v) is 12.2. The van der Waals surface area contributed by atoms with E-state index in [1.54, 1.807) is 11.3 Å². The van der Waals surface area contributed by atoms with Gasteiger partial charge in [-0.05, 0) is 39.7 Å². The molecule has 0 amide bonds. The third kappa shape index (κ3) is 4.04. The molecule has 2 atom stereocenters. The van der Waals surface area contributed by atoms with Crippen molar-refractivity contribution >= 4 is 11.3 Å². The van der Waals surface area contributed by atoms with Crippen LogP contribution in [0.3, 0.4) is 0 Å². The SMILES string of the molecule is Cc1ncc(CN2CCCCCC2CC(C)O)s1. The summed E-state index contributed by atoms with van der Waals surface area (Å²) < 4.78 is 0. The van der Waals surface area contributed by atoms with Crippen molar-refractivity contribution in [2.45, 2.75) is 64.6 Å². The second kappa shape index (κ2) is 6.64. The maximum absolute atomic E-state index is 9.65. The molecule has 1 aliphatic heterocycles. The highest BCUT2D eigenvalue weighted by molar-refractivity contribution is 7.11. The van der Waals surface area contributed by atoms with Gasteiger partial charge in [0.1, 0.15) is 0 Å². The van der Waals surface area contributed by atoms with E-state index in [9.17, 15) is 5.11 Å². The second-order valence-electron chi connectivity index (χ2n) is 5.40. The number of hydrogen-bond acceptors (Lipinski definition) is 4. The fraction of sp³-hybridized carbons (Fsp3) is 0.786. The predicted octanol–water partition coefficient (Wildman–Crippen LogP) is 2.97. The first-order chi connectivity index (χ1) is 8.65. The molecule has 1 aromatic heterocycles. The van der Waals surface area contributed by atoms with Crippen LogP contribution in [0, 0.1) is 6.92 Å². The van der Waals surface area contributed by atoms with Gasteiger partial charge in [-0.15, -0.1) is 11.3 Å². The quantitative estimate of drug-likeness (QED) is 0.912. The maximum atomic E-state index is 9.65. The maximum Gasteiger partial charge on any atom is 0.0897 e. The molecule has 2 heterocycles. The molecule has 1 saturated heterocycles. The van der Waals surface area contributed by atoms with E-state index in [2.05, 4.69) is 16.8 Å². The molecule has 2 unspecified atom stereocenters. The number of thiazole rings is 1. The molecule has 0 aliphatic carbocycles. The van der Waals surface area contributed by atoms with Gasteiger partial charge in [-0.1, -0.05) is 12.8 Å². The van der Waals surface area contributed by atoms with E-state index in [1.807, 2.05) is 13.1 Å². The fourth-order valence-electron chi connectivity index (χ4n) is 2.78. The summed E-state index contributed by atoms with van der Waals surface area (Å²) in [6, 6.07) is 0.537. The first-order valence-corrected chi connectivity index (χ1v) is 7.80. The first kappa shape index (κ1) is 14.0. The molecule has 0 spiro atoms. The Balaban J connectivity index is 2.00. The van der Waals surface area contributed by atoms with Crippen molar-refractivity contribution in [2.75, 3.05) is 6.54 Å². The lowest BCUT2D eigenvalue weighted by Crippen LogP contribution is -2.36. The number of aliphatic hydroxyl groups excluding tert-OH is 1. The summed E-state index contributed by atoms with van der Waals surface area (Å²) in [6.45, 7) is 6.13. The van der Waals surface area contributed by atoms with Gasteiger partial charge in [-0.2, -0.15) is 0 Å². The van der Waals surface area contributed by atoms with E-state index in [-0.39, 0.29) is 6.10 Å². The Labute approximate surface area is 114 Å². The molecule has 1 aromatic rings. The molecule has 3 nitrogen and oxygen atoms in total. The van der Waals surface area contributed by atoms with Crippen molar-refractivity contribution in [2.24, 2.45) is 0 Å². The van der Waals surface area contributed by atoms with Crippen LogP contribution >= 0.6 is 11.3 Å². The van der Waals surface area contributed by atoms with Crippen molar-refractivity contribution in [3.63, 3.8) is 0 Å². The van der Waals surface area contributed by atoms with Crippen molar-refractivity contribution in [1.82, 2.24) is 9.88 Å². The Morgan fingerprint density at radius 2 is 2.33 bits per heavy atom. The van der Waals surface area contributed by atoms with Gasteiger partial charge >= 0.3 is 0 Å². The van der Waals surface area contributed by atoms with E-state index in [0.717, 1.165) is 24.5 Å². The highest BCUT2D eigenvalue weighted by Gasteiger charge is 2.22. The van der Waals surface area contributed by atoms with Gasteiger partial charge < -0.3 is 5.11 Å². The summed E-state index contributed by atoms with van der Waals surface area (Å²) in [7, 11) is 0. The lowest BCUT2D eigenvalue weighted by atomic mass is 10.0. The molecule has 1 fully saturated rings. The Hall–Kier alpha value is -0.450. The van der Waals surface area contributed by atoms with Gasteiger partial charge in [0.25, 0.3) is 0 Å². The van der Waals surface area contributed by atoms with E-state index in [1.165, 1.54) is 30.6 Å². The van der Waals surface area contributed by atoms with E-state index in [4.69, 9.17) is 0 Å². The summed E-state index contributed by atoms with van der Waals surface area (Å²) in [5.41, 5.74) is 0. The minimum atomic E-state index is -0.196. The van der Waals surface area contributed by atoms with Crippen LogP contribution in [0.15, 0.2) is 6.20 Å². The smallest absolute Gasteiger partial charge is 0.0897 e. The topological polar surface area (TPSA) is 36.4 Å². The molecule has 4 heteroatoms. The van der Waals surface area contributed by atoms with E-state index < -0.39 is 0 Å². The summed E-state index contributed by atoms with van der Waals surface area (Å²) in [5.74, 6) is 0. The van der Waals surface area contributed by atoms with Gasteiger partial charge in [0.15, 0.2) is 0 Å². The van der Waals surface area contributed by atoms with Gasteiger partial charge in [0.2, 0.25) is 0 Å². The van der Waals surface area contributed by atoms with Crippen LogP contribution < -0.4 is 0 Å². The van der Waals surface area contributed by atoms with Crippen molar-refractivity contribution in [1.29, 1.82) is 0 Å². The lowest BCUT2D eigenvalue weighted by Gasteiger charge is -2.30. The zero-order valence-electron chi connectivity index (χ0n) is 11.4. The Bertz CT molecular complexity index is 364. The Kier molecular flexibility index (Phi) is 5.15. The molecule has 0 bridgehead atoms. The molecular weight excluding hydrogens is 244 g/mol. The van der Waals surface area contributed by atoms with Crippen molar-refractivity contribution in [3.05, 3.63) is 16.1 Å². The fourth-order valence-corrected chi connectivity index (χ4v) is 3.60. The largest absolute Gasteiger partial charge is 0.393 e. The van der Waals surface area contributed by atoms with Crippen molar-refractivity contribution in [3.8, 4) is 0 Å². The standard InChI is InChI=1S/C14H24N2OS/c1-11(17)8-13-6-4-3-5-7-16(13)10-14-9-15-12(2)18-14/h9,11,13,17H,3-8,10H2,1-2H3. The number of aliphatic hydroxyl groups is 1. The van der Waals surface area contributed by atoms with Crippen LogP contribution in [-0.4, -0.2) is 33.7 Å². The number of rotatable bonds is 4. The summed E-state index contributed by atoms with van der Waals surface area (Å²) >= 11 is 1.79. The van der Waals surface area contributed by atoms with Crippen LogP contribution in [0.5, 0.6) is 0 Å². The van der Waals surface area contributed by atoms with Gasteiger partial charge in [0, 0.05) is 23.7 Å². The van der Waals surface area contributed by atoms with Crippen LogP contribution in [0.4, 0.5) is 0 Å². The van der Waals surface area contributed by atoms with Gasteiger partial charge in [-0.25, -0.2) is 4.98 Å². The van der Waals surface area contributed by atoms with Crippen LogP contribution in [0.25, 0.3) is 0 Å². The summed E-state index contributed by atoms with van der Waals surface area (Å²) in [5, 5.41) is 10.8. The highest BCUT2D eigenvalue weighted by atomic mass is 32.1. The molecule has 0 radical (unpaired) electrons. The minimum Gasteiger partial charge on any atom is -0.393 e. The molecule has 1 aliphatic rings. The zero-order chi connectivity index (χ0) is 13.0. The first-order valence-electron chi connectivity index (χ1n) is 6.98. The molecule has 102 valence electrons. The van der Waals surface area contributed by atoms with Gasteiger partial charge in [-0.3, -0.25) is 4.90 Å². The molecule has 18 heavy (non-hydrogen) atoms. The van der Waals surface area contributed by atoms with Crippen molar-refractivity contribution < 1.29 is 5.11 Å². The Morgan fingerprint density at radius 1 is 1.50 bits per heavy atom. The number of aromatic nitrogens is 1. The molecule has 0 aromatic carbocycles. The Morgan fingerprint density at radius 3 is 3.00 bits per heavy atom. The highest BCUT2D eigenvalue weighted by Crippen LogP contribution is 2.24. The average molecular weight is 268 g/mol. The second-order valence-corrected chi connectivity index (χ2v) is 6.72. The third-order valence-corrected chi connectivity index (χ3v) is 4.54. The summed E-state index contributed by atoms with van der Waals surface area (Å²) in [6.07, 6.45) is 7.85.